The van der Waals surface area contributed by atoms with Gasteiger partial charge in [0.15, 0.2) is 11.4 Å². The van der Waals surface area contributed by atoms with Crippen LogP contribution in [0.25, 0.3) is 118 Å². The number of fused-ring (bicyclic) bond motifs is 14. The Morgan fingerprint density at radius 1 is 0.457 bits per heavy atom. The second-order valence-corrected chi connectivity index (χ2v) is 19.7. The largest absolute Gasteiger partial charge is 0.453 e. The number of nitrogens with zero attached hydrogens (tertiary/aromatic N) is 3. The first-order valence-corrected chi connectivity index (χ1v) is 24.6. The van der Waals surface area contributed by atoms with E-state index in [2.05, 4.69) is 223 Å². The van der Waals surface area contributed by atoms with Crippen molar-refractivity contribution < 1.29 is 4.42 Å². The van der Waals surface area contributed by atoms with Crippen LogP contribution in [0.15, 0.2) is 226 Å². The molecule has 1 aliphatic heterocycles. The van der Waals surface area contributed by atoms with Crippen LogP contribution in [0, 0.1) is 0 Å². The second kappa shape index (κ2) is 15.1. The van der Waals surface area contributed by atoms with Gasteiger partial charge in [-0.3, -0.25) is 0 Å². The summed E-state index contributed by atoms with van der Waals surface area (Å²) in [6, 6.07) is 74.6. The van der Waals surface area contributed by atoms with Gasteiger partial charge in [-0.15, -0.1) is 11.3 Å². The normalized spacial score (nSPS) is 14.7. The number of aliphatic imine (C=N–C) groups is 2. The zero-order valence-electron chi connectivity index (χ0n) is 38.0. The minimum absolute atomic E-state index is 0.543. The average molecular weight is 913 g/mol. The lowest BCUT2D eigenvalue weighted by Crippen LogP contribution is -2.29. The van der Waals surface area contributed by atoms with Gasteiger partial charge in [0, 0.05) is 70.3 Å². The lowest BCUT2D eigenvalue weighted by Gasteiger charge is -2.19. The first kappa shape index (κ1) is 39.2. The van der Waals surface area contributed by atoms with E-state index in [1.54, 1.807) is 0 Å². The van der Waals surface area contributed by atoms with Crippen LogP contribution in [-0.4, -0.2) is 22.8 Å². The highest BCUT2D eigenvalue weighted by Gasteiger charge is 2.25. The van der Waals surface area contributed by atoms with E-state index in [0.717, 1.165) is 88.6 Å². The van der Waals surface area contributed by atoms with Gasteiger partial charge in [-0.2, -0.15) is 0 Å². The standard InChI is InChI=1S/C64H40N4OS/c1-37-36-65-63(67-64(66-60(37)45-26-25-38-13-2-3-15-40(38)29-45)50-22-12-24-58-59(50)49-21-10-11-23-57(49)70-58)46-32-53-48-28-27-39-14-8-9-20-47(39)61(48)69-62(53)56(35-46)68-54-33-43-18-6-4-16-41(43)30-51(54)52-31-42-17-5-7-19-44(42)34-55(52)68/h2-35H,36H2,1H3,(H,65,66,67)/b60-37+. The topological polar surface area (TPSA) is 54.8 Å². The van der Waals surface area contributed by atoms with Crippen molar-refractivity contribution >= 4 is 136 Å². The van der Waals surface area contributed by atoms with Crippen LogP contribution in [0.4, 0.5) is 0 Å². The molecule has 0 unspecified atom stereocenters. The summed E-state index contributed by atoms with van der Waals surface area (Å²) >= 11 is 1.81. The molecule has 14 aromatic rings. The van der Waals surface area contributed by atoms with Crippen LogP contribution < -0.4 is 5.32 Å². The molecule has 0 radical (unpaired) electrons. The number of furan rings is 1. The van der Waals surface area contributed by atoms with E-state index in [0.29, 0.717) is 12.4 Å². The number of hydrogen-bond donors (Lipinski definition) is 1. The Kier molecular flexibility index (Phi) is 8.44. The molecule has 0 aliphatic carbocycles. The number of amidine groups is 2. The van der Waals surface area contributed by atoms with E-state index in [-0.39, 0.29) is 0 Å². The fourth-order valence-corrected chi connectivity index (χ4v) is 12.2. The molecule has 0 fully saturated rings. The first-order chi connectivity index (χ1) is 34.6. The van der Waals surface area contributed by atoms with E-state index in [1.165, 1.54) is 57.9 Å². The predicted molar refractivity (Wildman–Crippen MR) is 298 cm³/mol. The number of thiophene rings is 1. The molecule has 6 heteroatoms. The van der Waals surface area contributed by atoms with E-state index in [9.17, 15) is 0 Å². The molecule has 1 aliphatic rings. The van der Waals surface area contributed by atoms with Crippen molar-refractivity contribution in [3.05, 3.63) is 229 Å². The molecule has 4 heterocycles. The van der Waals surface area contributed by atoms with E-state index < -0.39 is 0 Å². The minimum atomic E-state index is 0.543. The lowest BCUT2D eigenvalue weighted by atomic mass is 10.0. The fourth-order valence-electron chi connectivity index (χ4n) is 11.1. The van der Waals surface area contributed by atoms with Gasteiger partial charge in [0.25, 0.3) is 0 Å². The predicted octanol–water partition coefficient (Wildman–Crippen LogP) is 16.9. The number of rotatable bonds is 4. The van der Waals surface area contributed by atoms with Crippen molar-refractivity contribution in [2.45, 2.75) is 6.92 Å². The highest BCUT2D eigenvalue weighted by molar-refractivity contribution is 7.25. The molecule has 0 saturated carbocycles. The summed E-state index contributed by atoms with van der Waals surface area (Å²) in [7, 11) is 0. The number of nitrogens with one attached hydrogen (secondary N) is 1. The molecular formula is C64H40N4OS. The molecule has 5 nitrogen and oxygen atoms in total. The van der Waals surface area contributed by atoms with Crippen molar-refractivity contribution in [2.24, 2.45) is 9.98 Å². The summed E-state index contributed by atoms with van der Waals surface area (Å²) in [5, 5.41) is 20.1. The number of hydrogen-bond acceptors (Lipinski definition) is 5. The maximum atomic E-state index is 7.25. The maximum Gasteiger partial charge on any atom is 0.162 e. The van der Waals surface area contributed by atoms with Crippen molar-refractivity contribution in [3.63, 3.8) is 0 Å². The van der Waals surface area contributed by atoms with Gasteiger partial charge < -0.3 is 14.3 Å². The second-order valence-electron chi connectivity index (χ2n) is 18.6. The molecule has 0 amide bonds. The smallest absolute Gasteiger partial charge is 0.162 e. The van der Waals surface area contributed by atoms with Crippen LogP contribution in [0.3, 0.4) is 0 Å². The summed E-state index contributed by atoms with van der Waals surface area (Å²) < 4.78 is 12.1. The SMILES string of the molecule is C/C1=C(/c2ccc3ccccc3c2)N=C(c2cccc3sc4ccccc4c23)N=C(c2cc(-n3c4cc5ccccc5cc4c4cc5ccccc5cc43)c3oc4c5ccccc5ccc4c3c2)NC1. The number of benzene rings is 11. The summed E-state index contributed by atoms with van der Waals surface area (Å²) in [4.78, 5) is 11.4. The Balaban J connectivity index is 1.04. The third kappa shape index (κ3) is 5.97. The molecule has 0 spiro atoms. The maximum absolute atomic E-state index is 7.25. The average Bonchev–Trinajstić information content (AvgIpc) is 4.08. The first-order valence-electron chi connectivity index (χ1n) is 23.8. The van der Waals surface area contributed by atoms with E-state index in [1.807, 2.05) is 11.3 Å². The van der Waals surface area contributed by atoms with Crippen LogP contribution in [-0.2, 0) is 0 Å². The van der Waals surface area contributed by atoms with E-state index >= 15 is 0 Å². The zero-order valence-corrected chi connectivity index (χ0v) is 38.8. The molecule has 70 heavy (non-hydrogen) atoms. The van der Waals surface area contributed by atoms with Crippen LogP contribution in [0.2, 0.25) is 0 Å². The monoisotopic (exact) mass is 912 g/mol. The quantitative estimate of drug-likeness (QED) is 0.191. The Labute approximate surface area is 405 Å². The molecule has 328 valence electrons. The third-order valence-electron chi connectivity index (χ3n) is 14.5. The minimum Gasteiger partial charge on any atom is -0.453 e. The molecule has 0 bridgehead atoms. The van der Waals surface area contributed by atoms with Crippen molar-refractivity contribution in [1.29, 1.82) is 0 Å². The zero-order chi connectivity index (χ0) is 46.0. The summed E-state index contributed by atoms with van der Waals surface area (Å²) in [5.74, 6) is 1.39. The van der Waals surface area contributed by atoms with Gasteiger partial charge in [-0.1, -0.05) is 146 Å². The Morgan fingerprint density at radius 3 is 1.81 bits per heavy atom. The Morgan fingerprint density at radius 2 is 1.07 bits per heavy atom. The third-order valence-corrected chi connectivity index (χ3v) is 15.6. The van der Waals surface area contributed by atoms with Crippen LogP contribution in [0.1, 0.15) is 23.6 Å². The molecular weight excluding hydrogens is 873 g/mol. The van der Waals surface area contributed by atoms with Crippen molar-refractivity contribution in [2.75, 3.05) is 6.54 Å². The highest BCUT2D eigenvalue weighted by atomic mass is 32.1. The molecule has 0 saturated heterocycles. The molecule has 11 aromatic carbocycles. The Bertz CT molecular complexity index is 4580. The Hall–Kier alpha value is -8.84. The fraction of sp³-hybridized carbons (Fsp3) is 0.0312. The highest BCUT2D eigenvalue weighted by Crippen LogP contribution is 2.43. The number of aromatic nitrogens is 1. The summed E-state index contributed by atoms with van der Waals surface area (Å²) in [6.07, 6.45) is 0. The van der Waals surface area contributed by atoms with Gasteiger partial charge in [0.1, 0.15) is 11.4 Å². The van der Waals surface area contributed by atoms with Crippen molar-refractivity contribution in [3.8, 4) is 5.69 Å². The summed E-state index contributed by atoms with van der Waals surface area (Å²) in [5.41, 5.74) is 9.87. The van der Waals surface area contributed by atoms with Gasteiger partial charge in [0.2, 0.25) is 0 Å². The van der Waals surface area contributed by atoms with E-state index in [4.69, 9.17) is 14.4 Å². The van der Waals surface area contributed by atoms with Gasteiger partial charge >= 0.3 is 0 Å². The van der Waals surface area contributed by atoms with Gasteiger partial charge in [0.05, 0.1) is 22.4 Å². The molecule has 15 rings (SSSR count). The van der Waals surface area contributed by atoms with Crippen LogP contribution in [0.5, 0.6) is 0 Å². The van der Waals surface area contributed by atoms with Crippen LogP contribution >= 0.6 is 11.3 Å². The lowest BCUT2D eigenvalue weighted by molar-refractivity contribution is 0.670. The summed E-state index contributed by atoms with van der Waals surface area (Å²) in [6.45, 7) is 2.74. The molecule has 3 aromatic heterocycles. The molecule has 0 atom stereocenters. The molecule has 1 N–H and O–H groups in total. The van der Waals surface area contributed by atoms with Gasteiger partial charge in [-0.25, -0.2) is 9.98 Å². The van der Waals surface area contributed by atoms with Gasteiger partial charge in [-0.05, 0) is 111 Å². The van der Waals surface area contributed by atoms with Crippen molar-refractivity contribution in [1.82, 2.24) is 9.88 Å².